The number of rotatable bonds is 7. The minimum Gasteiger partial charge on any atom is -0.497 e. The van der Waals surface area contributed by atoms with Gasteiger partial charge in [-0.25, -0.2) is 4.79 Å². The molecule has 0 heterocycles. The van der Waals surface area contributed by atoms with Gasteiger partial charge in [0.25, 0.3) is 0 Å². The number of aliphatic hydroxyl groups is 2. The van der Waals surface area contributed by atoms with Crippen LogP contribution in [0.5, 0.6) is 5.75 Å². The summed E-state index contributed by atoms with van der Waals surface area (Å²) in [7, 11) is 1.55. The highest BCUT2D eigenvalue weighted by atomic mass is 16.5. The minimum absolute atomic E-state index is 0.205. The molecule has 39 heavy (non-hydrogen) atoms. The van der Waals surface area contributed by atoms with E-state index in [1.54, 1.807) is 13.2 Å². The fourth-order valence-corrected chi connectivity index (χ4v) is 10.5. The van der Waals surface area contributed by atoms with Crippen molar-refractivity contribution in [3.8, 4) is 5.75 Å². The molecule has 0 amide bonds. The predicted molar refractivity (Wildman–Crippen MR) is 155 cm³/mol. The molecule has 4 saturated carbocycles. The summed E-state index contributed by atoms with van der Waals surface area (Å²) in [6.45, 7) is 9.63. The van der Waals surface area contributed by atoms with Crippen molar-refractivity contribution >= 4 is 12.0 Å². The van der Waals surface area contributed by atoms with Gasteiger partial charge in [-0.3, -0.25) is 0 Å². The number of carboxylic acid groups (broad SMARTS) is 1. The first kappa shape index (κ1) is 28.7. The number of methoxy groups -OCH3 is 1. The molecule has 5 rings (SSSR count). The third-order valence-electron chi connectivity index (χ3n) is 12.4. The van der Waals surface area contributed by atoms with Crippen LogP contribution in [0, 0.1) is 52.3 Å². The Kier molecular flexibility index (Phi) is 7.98. The van der Waals surface area contributed by atoms with E-state index in [2.05, 4.69) is 33.8 Å². The summed E-state index contributed by atoms with van der Waals surface area (Å²) in [6.07, 6.45) is 13.3. The highest BCUT2D eigenvalue weighted by Gasteiger charge is 2.64. The lowest BCUT2D eigenvalue weighted by Crippen LogP contribution is -2.62. The number of carboxylic acids is 1. The Morgan fingerprint density at radius 3 is 2.49 bits per heavy atom. The lowest BCUT2D eigenvalue weighted by molar-refractivity contribution is -0.203. The maximum atomic E-state index is 11.9. The maximum absolute atomic E-state index is 11.9. The van der Waals surface area contributed by atoms with Crippen LogP contribution in [0.1, 0.15) is 101 Å². The number of benzene rings is 1. The minimum atomic E-state index is -0.940. The van der Waals surface area contributed by atoms with Gasteiger partial charge in [0.15, 0.2) is 0 Å². The topological polar surface area (TPSA) is 87.0 Å². The molecule has 216 valence electrons. The predicted octanol–water partition coefficient (Wildman–Crippen LogP) is 7.06. The van der Waals surface area contributed by atoms with E-state index in [-0.39, 0.29) is 28.6 Å². The van der Waals surface area contributed by atoms with Crippen molar-refractivity contribution in [2.24, 2.45) is 52.3 Å². The van der Waals surface area contributed by atoms with E-state index in [1.165, 1.54) is 25.7 Å². The van der Waals surface area contributed by atoms with Crippen molar-refractivity contribution in [3.05, 3.63) is 35.4 Å². The second-order valence-electron chi connectivity index (χ2n) is 14.0. The van der Waals surface area contributed by atoms with E-state index in [1.807, 2.05) is 18.2 Å². The fraction of sp³-hybridized carbons (Fsp3) is 0.735. The molecule has 5 nitrogen and oxygen atoms in total. The molecule has 4 aliphatic carbocycles. The molecule has 0 aromatic heterocycles. The van der Waals surface area contributed by atoms with Gasteiger partial charge in [0.1, 0.15) is 5.75 Å². The summed E-state index contributed by atoms with van der Waals surface area (Å²) in [5, 5.41) is 32.1. The van der Waals surface area contributed by atoms with E-state index >= 15 is 0 Å². The van der Waals surface area contributed by atoms with Crippen LogP contribution in [-0.4, -0.2) is 40.6 Å². The number of fused-ring (bicyclic) bond motifs is 5. The Balaban J connectivity index is 1.33. The van der Waals surface area contributed by atoms with Gasteiger partial charge in [-0.2, -0.15) is 0 Å². The molecule has 0 saturated heterocycles. The van der Waals surface area contributed by atoms with Gasteiger partial charge >= 0.3 is 5.97 Å². The summed E-state index contributed by atoms with van der Waals surface area (Å²) in [5.74, 6) is 2.93. The van der Waals surface area contributed by atoms with Gasteiger partial charge in [0.05, 0.1) is 24.9 Å². The van der Waals surface area contributed by atoms with Crippen molar-refractivity contribution < 1.29 is 24.9 Å². The Morgan fingerprint density at radius 1 is 1.08 bits per heavy atom. The SMILES string of the molecule is CC[C@H]1[C@@H](O)C2C3CC[C@H]([C@H](C)C/C=C/c4ccc(OC)cc4C(=O)O)C3(C)CCC2C2(C)CC[C@@H](O)C[C@@H]12. The molecule has 1 aromatic rings. The summed E-state index contributed by atoms with van der Waals surface area (Å²) >= 11 is 0. The molecular weight excluding hydrogens is 488 g/mol. The standard InChI is InChI=1S/C34H50O5/c1-6-24-29-18-22(35)14-16-34(29,4)28-15-17-33(3)26(12-13-27(33)30(28)31(24)36)20(2)8-7-9-21-10-11-23(39-5)19-25(21)32(37)38/h7,9-11,19-20,22,24,26-31,35-36H,6,8,12-18H2,1-5H3,(H,37,38)/b9-7+/t20-,22-,24-,26-,27?,28?,29+,30?,31-,33?,34?/m1/s1. The largest absolute Gasteiger partial charge is 0.497 e. The van der Waals surface area contributed by atoms with Crippen LogP contribution in [0.25, 0.3) is 6.08 Å². The molecule has 0 radical (unpaired) electrons. The molecule has 11 atom stereocenters. The number of ether oxygens (including phenoxy) is 1. The van der Waals surface area contributed by atoms with Crippen molar-refractivity contribution in [2.45, 2.75) is 97.7 Å². The Bertz CT molecular complexity index is 1080. The Morgan fingerprint density at radius 2 is 1.79 bits per heavy atom. The molecule has 1 aromatic carbocycles. The molecule has 5 heteroatoms. The van der Waals surface area contributed by atoms with E-state index in [0.717, 1.165) is 32.1 Å². The van der Waals surface area contributed by atoms with Crippen LogP contribution in [0.15, 0.2) is 24.3 Å². The normalized spacial score (nSPS) is 42.4. The average Bonchev–Trinajstić information content (AvgIpc) is 3.27. The lowest BCUT2D eigenvalue weighted by atomic mass is 9.41. The van der Waals surface area contributed by atoms with Crippen LogP contribution in [-0.2, 0) is 0 Å². The molecule has 4 aliphatic rings. The van der Waals surface area contributed by atoms with Crippen molar-refractivity contribution in [3.63, 3.8) is 0 Å². The highest BCUT2D eigenvalue weighted by Crippen LogP contribution is 2.69. The van der Waals surface area contributed by atoms with Crippen LogP contribution >= 0.6 is 0 Å². The van der Waals surface area contributed by atoms with Gasteiger partial charge < -0.3 is 20.1 Å². The summed E-state index contributed by atoms with van der Waals surface area (Å²) in [6, 6.07) is 5.22. The van der Waals surface area contributed by atoms with Gasteiger partial charge in [-0.15, -0.1) is 0 Å². The number of hydrogen-bond donors (Lipinski definition) is 3. The quantitative estimate of drug-likeness (QED) is 0.346. The number of aliphatic hydroxyl groups excluding tert-OH is 2. The Labute approximate surface area is 235 Å². The summed E-state index contributed by atoms with van der Waals surface area (Å²) in [5.41, 5.74) is 1.45. The molecular formula is C34H50O5. The molecule has 5 unspecified atom stereocenters. The zero-order valence-electron chi connectivity index (χ0n) is 24.6. The maximum Gasteiger partial charge on any atom is 0.336 e. The van der Waals surface area contributed by atoms with Gasteiger partial charge in [0.2, 0.25) is 0 Å². The molecule has 0 aliphatic heterocycles. The van der Waals surface area contributed by atoms with Crippen LogP contribution < -0.4 is 4.74 Å². The average molecular weight is 539 g/mol. The van der Waals surface area contributed by atoms with Gasteiger partial charge in [-0.1, -0.05) is 52.3 Å². The van der Waals surface area contributed by atoms with E-state index in [9.17, 15) is 20.1 Å². The van der Waals surface area contributed by atoms with Gasteiger partial charge in [-0.05, 0) is 121 Å². The second kappa shape index (κ2) is 10.9. The first-order chi connectivity index (χ1) is 18.5. The monoisotopic (exact) mass is 538 g/mol. The van der Waals surface area contributed by atoms with Crippen LogP contribution in [0.2, 0.25) is 0 Å². The van der Waals surface area contributed by atoms with Crippen LogP contribution in [0.4, 0.5) is 0 Å². The molecule has 0 bridgehead atoms. The fourth-order valence-electron chi connectivity index (χ4n) is 10.5. The third-order valence-corrected chi connectivity index (χ3v) is 12.4. The van der Waals surface area contributed by atoms with E-state index in [4.69, 9.17) is 4.74 Å². The highest BCUT2D eigenvalue weighted by molar-refractivity contribution is 5.92. The first-order valence-corrected chi connectivity index (χ1v) is 15.5. The Hall–Kier alpha value is -1.85. The summed E-state index contributed by atoms with van der Waals surface area (Å²) < 4.78 is 5.21. The van der Waals surface area contributed by atoms with Crippen LogP contribution in [0.3, 0.4) is 0 Å². The van der Waals surface area contributed by atoms with Crippen molar-refractivity contribution in [1.82, 2.24) is 0 Å². The van der Waals surface area contributed by atoms with E-state index < -0.39 is 5.97 Å². The van der Waals surface area contributed by atoms with Crippen molar-refractivity contribution in [1.29, 1.82) is 0 Å². The smallest absolute Gasteiger partial charge is 0.336 e. The number of hydrogen-bond acceptors (Lipinski definition) is 4. The third kappa shape index (κ3) is 4.76. The number of carbonyl (C=O) groups is 1. The second-order valence-corrected chi connectivity index (χ2v) is 14.0. The zero-order valence-corrected chi connectivity index (χ0v) is 24.6. The molecule has 4 fully saturated rings. The van der Waals surface area contributed by atoms with Gasteiger partial charge in [0, 0.05) is 0 Å². The van der Waals surface area contributed by atoms with E-state index in [0.29, 0.717) is 52.7 Å². The number of allylic oxidation sites excluding steroid dienone is 1. The lowest BCUT2D eigenvalue weighted by Gasteiger charge is -2.64. The molecule has 0 spiro atoms. The first-order valence-electron chi connectivity index (χ1n) is 15.5. The molecule has 3 N–H and O–H groups in total. The zero-order chi connectivity index (χ0) is 28.1. The van der Waals surface area contributed by atoms with Crippen molar-refractivity contribution in [2.75, 3.05) is 7.11 Å². The number of aromatic carboxylic acids is 1. The summed E-state index contributed by atoms with van der Waals surface area (Å²) in [4.78, 5) is 11.8.